The number of rotatable bonds is 3. The van der Waals surface area contributed by atoms with Crippen molar-refractivity contribution in [2.75, 3.05) is 13.1 Å². The number of hydrogen-bond acceptors (Lipinski definition) is 4. The lowest BCUT2D eigenvalue weighted by molar-refractivity contribution is 0.0733. The average Bonchev–Trinajstić information content (AvgIpc) is 2.65. The van der Waals surface area contributed by atoms with Crippen molar-refractivity contribution >= 4 is 16.9 Å². The Hall–Kier alpha value is -2.72. The molecular formula is C22H22N2O2. The van der Waals surface area contributed by atoms with Gasteiger partial charge < -0.3 is 4.74 Å². The summed E-state index contributed by atoms with van der Waals surface area (Å²) in [4.78, 5) is 20.3. The molecule has 0 unspecified atom stereocenters. The van der Waals surface area contributed by atoms with E-state index in [-0.39, 0.29) is 5.97 Å². The van der Waals surface area contributed by atoms with Gasteiger partial charge in [-0.3, -0.25) is 9.88 Å². The van der Waals surface area contributed by atoms with Crippen LogP contribution in [-0.2, 0) is 13.0 Å². The summed E-state index contributed by atoms with van der Waals surface area (Å²) in [6, 6.07) is 15.4. The maximum atomic E-state index is 13.1. The predicted octanol–water partition coefficient (Wildman–Crippen LogP) is 4.14. The second kappa shape index (κ2) is 6.89. The number of pyridine rings is 1. The SMILES string of the molecule is CCN1CCc2nc3ccccc3c(C(=O)Oc3cccc(C)c3)c2C1. The number of esters is 1. The van der Waals surface area contributed by atoms with Crippen molar-refractivity contribution in [1.29, 1.82) is 0 Å². The van der Waals surface area contributed by atoms with Crippen LogP contribution in [0.5, 0.6) is 5.75 Å². The molecule has 0 spiro atoms. The number of benzene rings is 2. The first-order chi connectivity index (χ1) is 12.7. The number of carbonyl (C=O) groups is 1. The molecule has 0 aliphatic carbocycles. The van der Waals surface area contributed by atoms with E-state index in [1.54, 1.807) is 0 Å². The molecular weight excluding hydrogens is 324 g/mol. The summed E-state index contributed by atoms with van der Waals surface area (Å²) >= 11 is 0. The topological polar surface area (TPSA) is 42.4 Å². The highest BCUT2D eigenvalue weighted by molar-refractivity contribution is 6.05. The van der Waals surface area contributed by atoms with E-state index in [1.807, 2.05) is 55.5 Å². The second-order valence-electron chi connectivity index (χ2n) is 6.75. The molecule has 0 N–H and O–H groups in total. The van der Waals surface area contributed by atoms with E-state index in [1.165, 1.54) is 0 Å². The van der Waals surface area contributed by atoms with E-state index >= 15 is 0 Å². The van der Waals surface area contributed by atoms with Gasteiger partial charge in [0.05, 0.1) is 11.1 Å². The van der Waals surface area contributed by atoms with Crippen molar-refractivity contribution in [2.24, 2.45) is 0 Å². The zero-order valence-corrected chi connectivity index (χ0v) is 15.2. The number of aromatic nitrogens is 1. The van der Waals surface area contributed by atoms with Gasteiger partial charge in [-0.1, -0.05) is 37.3 Å². The molecule has 1 aliphatic heterocycles. The van der Waals surface area contributed by atoms with Crippen molar-refractivity contribution in [2.45, 2.75) is 26.8 Å². The first-order valence-electron chi connectivity index (χ1n) is 9.07. The zero-order chi connectivity index (χ0) is 18.1. The summed E-state index contributed by atoms with van der Waals surface area (Å²) < 4.78 is 5.74. The Labute approximate surface area is 153 Å². The van der Waals surface area contributed by atoms with Crippen LogP contribution in [0.3, 0.4) is 0 Å². The summed E-state index contributed by atoms with van der Waals surface area (Å²) in [5, 5.41) is 0.863. The van der Waals surface area contributed by atoms with Gasteiger partial charge in [0.1, 0.15) is 5.75 Å². The largest absolute Gasteiger partial charge is 0.423 e. The molecule has 0 fully saturated rings. The van der Waals surface area contributed by atoms with Crippen LogP contribution in [0.4, 0.5) is 0 Å². The minimum Gasteiger partial charge on any atom is -0.423 e. The molecule has 0 radical (unpaired) electrons. The number of fused-ring (bicyclic) bond motifs is 2. The molecule has 4 heteroatoms. The van der Waals surface area contributed by atoms with Crippen LogP contribution in [0, 0.1) is 6.92 Å². The fraction of sp³-hybridized carbons (Fsp3) is 0.273. The first-order valence-corrected chi connectivity index (χ1v) is 9.07. The molecule has 2 aromatic carbocycles. The molecule has 0 atom stereocenters. The molecule has 4 rings (SSSR count). The molecule has 0 bridgehead atoms. The van der Waals surface area contributed by atoms with E-state index in [9.17, 15) is 4.79 Å². The third-order valence-corrected chi connectivity index (χ3v) is 4.98. The summed E-state index contributed by atoms with van der Waals surface area (Å²) in [7, 11) is 0. The minimum absolute atomic E-state index is 0.302. The van der Waals surface area contributed by atoms with Crippen LogP contribution in [0.15, 0.2) is 48.5 Å². The number of hydrogen-bond donors (Lipinski definition) is 0. The van der Waals surface area contributed by atoms with Gasteiger partial charge in [0.25, 0.3) is 0 Å². The normalized spacial score (nSPS) is 14.2. The Balaban J connectivity index is 1.83. The van der Waals surface area contributed by atoms with Gasteiger partial charge in [0.15, 0.2) is 0 Å². The number of para-hydroxylation sites is 1. The minimum atomic E-state index is -0.302. The summed E-state index contributed by atoms with van der Waals surface area (Å²) in [5.41, 5.74) is 4.60. The third-order valence-electron chi connectivity index (χ3n) is 4.98. The van der Waals surface area contributed by atoms with Crippen molar-refractivity contribution in [3.63, 3.8) is 0 Å². The van der Waals surface area contributed by atoms with Crippen LogP contribution in [0.25, 0.3) is 10.9 Å². The van der Waals surface area contributed by atoms with Crippen LogP contribution in [0.1, 0.15) is 34.1 Å². The van der Waals surface area contributed by atoms with Crippen LogP contribution < -0.4 is 4.74 Å². The molecule has 1 aliphatic rings. The highest BCUT2D eigenvalue weighted by Gasteiger charge is 2.26. The first kappa shape index (κ1) is 16.7. The van der Waals surface area contributed by atoms with Crippen molar-refractivity contribution < 1.29 is 9.53 Å². The standard InChI is InChI=1S/C22H22N2O2/c1-3-24-12-11-20-18(14-24)21(17-9-4-5-10-19(17)23-20)22(25)26-16-8-6-7-15(2)13-16/h4-10,13H,3,11-12,14H2,1-2H3. The number of likely N-dealkylation sites (N-methyl/N-ethyl adjacent to an activating group) is 1. The molecule has 132 valence electrons. The quantitative estimate of drug-likeness (QED) is 0.528. The van der Waals surface area contributed by atoms with Crippen LogP contribution in [0.2, 0.25) is 0 Å². The predicted molar refractivity (Wildman–Crippen MR) is 103 cm³/mol. The average molecular weight is 346 g/mol. The van der Waals surface area contributed by atoms with E-state index < -0.39 is 0 Å². The maximum absolute atomic E-state index is 13.1. The highest BCUT2D eigenvalue weighted by Crippen LogP contribution is 2.29. The lowest BCUT2D eigenvalue weighted by atomic mass is 9.96. The third kappa shape index (κ3) is 3.08. The highest BCUT2D eigenvalue weighted by atomic mass is 16.5. The molecule has 0 saturated carbocycles. The van der Waals surface area contributed by atoms with E-state index in [0.29, 0.717) is 11.3 Å². The molecule has 2 heterocycles. The van der Waals surface area contributed by atoms with E-state index in [2.05, 4.69) is 11.8 Å². The van der Waals surface area contributed by atoms with Gasteiger partial charge in [-0.2, -0.15) is 0 Å². The maximum Gasteiger partial charge on any atom is 0.344 e. The van der Waals surface area contributed by atoms with Gasteiger partial charge in [-0.25, -0.2) is 4.79 Å². The lowest BCUT2D eigenvalue weighted by Crippen LogP contribution is -2.32. The Morgan fingerprint density at radius 3 is 2.85 bits per heavy atom. The smallest absolute Gasteiger partial charge is 0.344 e. The van der Waals surface area contributed by atoms with Gasteiger partial charge in [0.2, 0.25) is 0 Å². The molecule has 4 nitrogen and oxygen atoms in total. The van der Waals surface area contributed by atoms with Crippen molar-refractivity contribution in [1.82, 2.24) is 9.88 Å². The fourth-order valence-electron chi connectivity index (χ4n) is 3.59. The number of nitrogens with zero attached hydrogens (tertiary/aromatic N) is 2. The summed E-state index contributed by atoms with van der Waals surface area (Å²) in [6.45, 7) is 6.80. The van der Waals surface area contributed by atoms with Crippen molar-refractivity contribution in [3.8, 4) is 5.75 Å². The van der Waals surface area contributed by atoms with E-state index in [0.717, 1.165) is 53.8 Å². The Morgan fingerprint density at radius 1 is 1.19 bits per heavy atom. The summed E-state index contributed by atoms with van der Waals surface area (Å²) in [6.07, 6.45) is 0.860. The molecule has 0 saturated heterocycles. The fourth-order valence-corrected chi connectivity index (χ4v) is 3.59. The summed E-state index contributed by atoms with van der Waals surface area (Å²) in [5.74, 6) is 0.274. The number of aryl methyl sites for hydroxylation is 1. The Bertz CT molecular complexity index is 981. The lowest BCUT2D eigenvalue weighted by Gasteiger charge is -2.28. The second-order valence-corrected chi connectivity index (χ2v) is 6.75. The zero-order valence-electron chi connectivity index (χ0n) is 15.2. The van der Waals surface area contributed by atoms with Crippen LogP contribution >= 0.6 is 0 Å². The van der Waals surface area contributed by atoms with Gasteiger partial charge in [-0.15, -0.1) is 0 Å². The monoisotopic (exact) mass is 346 g/mol. The number of carbonyl (C=O) groups excluding carboxylic acids is 1. The van der Waals surface area contributed by atoms with Crippen molar-refractivity contribution in [3.05, 3.63) is 70.9 Å². The molecule has 3 aromatic rings. The molecule has 0 amide bonds. The molecule has 1 aromatic heterocycles. The molecule has 26 heavy (non-hydrogen) atoms. The van der Waals surface area contributed by atoms with E-state index in [4.69, 9.17) is 9.72 Å². The Kier molecular flexibility index (Phi) is 4.43. The van der Waals surface area contributed by atoms with Gasteiger partial charge in [-0.05, 0) is 37.2 Å². The van der Waals surface area contributed by atoms with Gasteiger partial charge in [0, 0.05) is 36.2 Å². The van der Waals surface area contributed by atoms with Crippen LogP contribution in [-0.4, -0.2) is 28.9 Å². The Morgan fingerprint density at radius 2 is 2.04 bits per heavy atom. The van der Waals surface area contributed by atoms with Gasteiger partial charge >= 0.3 is 5.97 Å². The number of ether oxygens (including phenoxy) is 1.